The number of aryl methyl sites for hydroxylation is 1. The standard InChI is InChI=1S/C12H10ClF3N2O/c1-7-6-18(11(19)17(7)2)10-4-3-8(5-9(10)13)12(14,15)16/h3-6H,1-2H3. The van der Waals surface area contributed by atoms with Crippen LogP contribution in [0.25, 0.3) is 5.69 Å². The van der Waals surface area contributed by atoms with Crippen molar-refractivity contribution in [3.63, 3.8) is 0 Å². The van der Waals surface area contributed by atoms with Crippen LogP contribution in [-0.4, -0.2) is 9.13 Å². The Kier molecular flexibility index (Phi) is 3.22. The van der Waals surface area contributed by atoms with Crippen molar-refractivity contribution < 1.29 is 13.2 Å². The number of alkyl halides is 3. The van der Waals surface area contributed by atoms with Crippen molar-refractivity contribution in [1.82, 2.24) is 9.13 Å². The lowest BCUT2D eigenvalue weighted by atomic mass is 10.2. The molecule has 2 rings (SSSR count). The van der Waals surface area contributed by atoms with Crippen LogP contribution in [0.5, 0.6) is 0 Å². The van der Waals surface area contributed by atoms with Crippen LogP contribution in [0.2, 0.25) is 5.02 Å². The van der Waals surface area contributed by atoms with Crippen LogP contribution < -0.4 is 5.69 Å². The van der Waals surface area contributed by atoms with Gasteiger partial charge in [-0.15, -0.1) is 0 Å². The summed E-state index contributed by atoms with van der Waals surface area (Å²) >= 11 is 5.83. The minimum Gasteiger partial charge on any atom is -0.299 e. The summed E-state index contributed by atoms with van der Waals surface area (Å²) in [7, 11) is 1.58. The fraction of sp³-hybridized carbons (Fsp3) is 0.250. The average molecular weight is 291 g/mol. The highest BCUT2D eigenvalue weighted by Crippen LogP contribution is 2.32. The zero-order valence-corrected chi connectivity index (χ0v) is 10.9. The molecule has 1 aromatic heterocycles. The van der Waals surface area contributed by atoms with Crippen LogP contribution in [0.15, 0.2) is 29.2 Å². The van der Waals surface area contributed by atoms with E-state index in [9.17, 15) is 18.0 Å². The van der Waals surface area contributed by atoms with E-state index in [1.807, 2.05) is 0 Å². The largest absolute Gasteiger partial charge is 0.416 e. The zero-order valence-electron chi connectivity index (χ0n) is 10.1. The molecular formula is C12H10ClF3N2O. The normalized spacial score (nSPS) is 11.9. The van der Waals surface area contributed by atoms with Gasteiger partial charge in [0.15, 0.2) is 0 Å². The van der Waals surface area contributed by atoms with Gasteiger partial charge in [-0.3, -0.25) is 9.13 Å². The monoisotopic (exact) mass is 290 g/mol. The molecule has 0 saturated heterocycles. The third-order valence-electron chi connectivity index (χ3n) is 2.87. The first-order valence-electron chi connectivity index (χ1n) is 5.34. The van der Waals surface area contributed by atoms with E-state index < -0.39 is 11.7 Å². The highest BCUT2D eigenvalue weighted by molar-refractivity contribution is 6.32. The minimum absolute atomic E-state index is 0.123. The first-order valence-corrected chi connectivity index (χ1v) is 5.71. The molecule has 0 radical (unpaired) electrons. The fourth-order valence-corrected chi connectivity index (χ4v) is 1.96. The van der Waals surface area contributed by atoms with Crippen LogP contribution in [0.1, 0.15) is 11.3 Å². The van der Waals surface area contributed by atoms with Gasteiger partial charge in [-0.2, -0.15) is 13.2 Å². The van der Waals surface area contributed by atoms with E-state index in [2.05, 4.69) is 0 Å². The molecule has 102 valence electrons. The smallest absolute Gasteiger partial charge is 0.299 e. The molecule has 0 fully saturated rings. The molecule has 0 aliphatic rings. The summed E-state index contributed by atoms with van der Waals surface area (Å²) < 4.78 is 40.2. The SMILES string of the molecule is Cc1cn(-c2ccc(C(F)(F)F)cc2Cl)c(=O)n1C. The van der Waals surface area contributed by atoms with E-state index >= 15 is 0 Å². The third-order valence-corrected chi connectivity index (χ3v) is 3.18. The van der Waals surface area contributed by atoms with E-state index in [1.54, 1.807) is 14.0 Å². The lowest BCUT2D eigenvalue weighted by Gasteiger charge is -2.09. The van der Waals surface area contributed by atoms with Gasteiger partial charge in [-0.05, 0) is 25.1 Å². The van der Waals surface area contributed by atoms with Crippen molar-refractivity contribution in [2.24, 2.45) is 7.05 Å². The Morgan fingerprint density at radius 2 is 1.89 bits per heavy atom. The van der Waals surface area contributed by atoms with Crippen molar-refractivity contribution in [2.45, 2.75) is 13.1 Å². The van der Waals surface area contributed by atoms with Crippen LogP contribution in [0.4, 0.5) is 13.2 Å². The molecule has 1 aromatic carbocycles. The zero-order chi connectivity index (χ0) is 14.4. The summed E-state index contributed by atoms with van der Waals surface area (Å²) in [6.07, 6.45) is -2.93. The van der Waals surface area contributed by atoms with E-state index in [1.165, 1.54) is 21.4 Å². The Hall–Kier alpha value is -1.69. The molecule has 19 heavy (non-hydrogen) atoms. The molecule has 7 heteroatoms. The topological polar surface area (TPSA) is 26.9 Å². The molecule has 1 heterocycles. The third kappa shape index (κ3) is 2.40. The summed E-state index contributed by atoms with van der Waals surface area (Å²) in [6, 6.07) is 2.90. The fourth-order valence-electron chi connectivity index (χ4n) is 1.69. The van der Waals surface area contributed by atoms with Gasteiger partial charge in [0.2, 0.25) is 0 Å². The Bertz CT molecular complexity index is 685. The van der Waals surface area contributed by atoms with Gasteiger partial charge in [0.25, 0.3) is 0 Å². The number of hydrogen-bond acceptors (Lipinski definition) is 1. The van der Waals surface area contributed by atoms with Crippen LogP contribution >= 0.6 is 11.6 Å². The van der Waals surface area contributed by atoms with Crippen molar-refractivity contribution in [3.05, 3.63) is 51.2 Å². The minimum atomic E-state index is -4.46. The Balaban J connectivity index is 2.59. The molecule has 0 saturated carbocycles. The van der Waals surface area contributed by atoms with Gasteiger partial charge in [0.1, 0.15) is 0 Å². The number of nitrogens with zero attached hydrogens (tertiary/aromatic N) is 2. The Morgan fingerprint density at radius 3 is 2.32 bits per heavy atom. The lowest BCUT2D eigenvalue weighted by molar-refractivity contribution is -0.137. The molecular weight excluding hydrogens is 281 g/mol. The number of hydrogen-bond donors (Lipinski definition) is 0. The summed E-state index contributed by atoms with van der Waals surface area (Å²) in [6.45, 7) is 1.72. The second kappa shape index (κ2) is 4.45. The van der Waals surface area contributed by atoms with Gasteiger partial charge in [0, 0.05) is 18.9 Å². The van der Waals surface area contributed by atoms with Gasteiger partial charge < -0.3 is 0 Å². The van der Waals surface area contributed by atoms with Crippen molar-refractivity contribution >= 4 is 11.6 Å². The first kappa shape index (κ1) is 13.7. The van der Waals surface area contributed by atoms with E-state index in [-0.39, 0.29) is 16.4 Å². The van der Waals surface area contributed by atoms with E-state index in [0.29, 0.717) is 5.69 Å². The maximum Gasteiger partial charge on any atom is 0.416 e. The number of rotatable bonds is 1. The van der Waals surface area contributed by atoms with Gasteiger partial charge in [-0.1, -0.05) is 11.6 Å². The summed E-state index contributed by atoms with van der Waals surface area (Å²) in [5.74, 6) is 0. The molecule has 0 spiro atoms. The van der Waals surface area contributed by atoms with Crippen LogP contribution in [0, 0.1) is 6.92 Å². The summed E-state index contributed by atoms with van der Waals surface area (Å²) in [5, 5.41) is -0.123. The molecule has 0 atom stereocenters. The maximum absolute atomic E-state index is 12.5. The number of imidazole rings is 1. The predicted molar refractivity (Wildman–Crippen MR) is 65.8 cm³/mol. The second-order valence-electron chi connectivity index (χ2n) is 4.15. The molecule has 0 bridgehead atoms. The first-order chi connectivity index (χ1) is 8.71. The second-order valence-corrected chi connectivity index (χ2v) is 4.55. The van der Waals surface area contributed by atoms with Gasteiger partial charge in [-0.25, -0.2) is 4.79 Å². The number of halogens is 4. The van der Waals surface area contributed by atoms with Crippen molar-refractivity contribution in [3.8, 4) is 5.69 Å². The molecule has 3 nitrogen and oxygen atoms in total. The van der Waals surface area contributed by atoms with E-state index in [4.69, 9.17) is 11.6 Å². The molecule has 0 aliphatic carbocycles. The number of benzene rings is 1. The van der Waals surface area contributed by atoms with Crippen molar-refractivity contribution in [1.29, 1.82) is 0 Å². The van der Waals surface area contributed by atoms with E-state index in [0.717, 1.165) is 12.1 Å². The molecule has 0 N–H and O–H groups in total. The van der Waals surface area contributed by atoms with Gasteiger partial charge >= 0.3 is 11.9 Å². The Morgan fingerprint density at radius 1 is 1.26 bits per heavy atom. The molecule has 0 aliphatic heterocycles. The Labute approximate surface area is 111 Å². The molecule has 0 unspecified atom stereocenters. The van der Waals surface area contributed by atoms with Crippen LogP contribution in [-0.2, 0) is 13.2 Å². The maximum atomic E-state index is 12.5. The quantitative estimate of drug-likeness (QED) is 0.792. The van der Waals surface area contributed by atoms with Crippen LogP contribution in [0.3, 0.4) is 0 Å². The molecule has 0 amide bonds. The highest BCUT2D eigenvalue weighted by Gasteiger charge is 2.31. The summed E-state index contributed by atoms with van der Waals surface area (Å²) in [4.78, 5) is 11.9. The highest BCUT2D eigenvalue weighted by atomic mass is 35.5. The van der Waals surface area contributed by atoms with Gasteiger partial charge in [0.05, 0.1) is 16.3 Å². The number of aromatic nitrogens is 2. The average Bonchev–Trinajstić information content (AvgIpc) is 2.56. The summed E-state index contributed by atoms with van der Waals surface area (Å²) in [5.41, 5.74) is -0.301. The molecule has 2 aromatic rings. The van der Waals surface area contributed by atoms with Crippen molar-refractivity contribution in [2.75, 3.05) is 0 Å². The predicted octanol–water partition coefficient (Wildman–Crippen LogP) is 3.16. The lowest BCUT2D eigenvalue weighted by Crippen LogP contribution is -2.21.